The number of hydrogen-bond donors (Lipinski definition) is 1. The molecule has 0 atom stereocenters. The van der Waals surface area contributed by atoms with E-state index in [0.717, 1.165) is 12.1 Å². The third-order valence-corrected chi connectivity index (χ3v) is 2.54. The van der Waals surface area contributed by atoms with E-state index in [9.17, 15) is 4.79 Å². The van der Waals surface area contributed by atoms with Crippen LogP contribution in [0, 0.1) is 0 Å². The van der Waals surface area contributed by atoms with Crippen LogP contribution in [0.2, 0.25) is 0 Å². The molecule has 3 nitrogen and oxygen atoms in total. The Kier molecular flexibility index (Phi) is 2.50. The summed E-state index contributed by atoms with van der Waals surface area (Å²) in [5.41, 5.74) is 7.77. The molecule has 1 aliphatic heterocycles. The summed E-state index contributed by atoms with van der Waals surface area (Å²) in [5.74, 6) is 0.189. The largest absolute Gasteiger partial charge is 0.329 e. The molecule has 14 heavy (non-hydrogen) atoms. The molecule has 0 unspecified atom stereocenters. The highest BCUT2D eigenvalue weighted by Gasteiger charge is 2.22. The quantitative estimate of drug-likeness (QED) is 0.754. The van der Waals surface area contributed by atoms with Gasteiger partial charge in [0.15, 0.2) is 0 Å². The fraction of sp³-hybridized carbons (Fsp3) is 0.364. The molecule has 1 amide bonds. The average molecular weight is 190 g/mol. The summed E-state index contributed by atoms with van der Waals surface area (Å²) in [4.78, 5) is 13.4. The van der Waals surface area contributed by atoms with Crippen molar-refractivity contribution in [2.75, 3.05) is 18.0 Å². The number of aryl methyl sites for hydroxylation is 1. The van der Waals surface area contributed by atoms with Gasteiger partial charge in [0.1, 0.15) is 0 Å². The normalized spacial score (nSPS) is 15.5. The van der Waals surface area contributed by atoms with E-state index in [2.05, 4.69) is 6.07 Å². The van der Waals surface area contributed by atoms with Gasteiger partial charge in [-0.15, -0.1) is 0 Å². The predicted octanol–water partition coefficient (Wildman–Crippen LogP) is 0.924. The molecule has 0 fully saturated rings. The standard InChI is InChI=1S/C11H14N2O/c12-7-8-13-10-4-2-1-3-9(10)5-6-11(13)14/h1-4H,5-8,12H2. The van der Waals surface area contributed by atoms with Crippen molar-refractivity contribution in [2.24, 2.45) is 5.73 Å². The minimum Gasteiger partial charge on any atom is -0.329 e. The third kappa shape index (κ3) is 1.51. The molecule has 74 valence electrons. The van der Waals surface area contributed by atoms with Crippen LogP contribution in [0.3, 0.4) is 0 Å². The molecule has 0 aromatic heterocycles. The number of amides is 1. The molecule has 1 aromatic rings. The predicted molar refractivity (Wildman–Crippen MR) is 56.2 cm³/mol. The molecule has 0 saturated carbocycles. The lowest BCUT2D eigenvalue weighted by atomic mass is 10.0. The number of nitrogens with two attached hydrogens (primary N) is 1. The zero-order valence-electron chi connectivity index (χ0n) is 8.07. The van der Waals surface area contributed by atoms with Crippen LogP contribution in [0.4, 0.5) is 5.69 Å². The van der Waals surface area contributed by atoms with Gasteiger partial charge >= 0.3 is 0 Å². The van der Waals surface area contributed by atoms with Gasteiger partial charge in [0.05, 0.1) is 0 Å². The average Bonchev–Trinajstić information content (AvgIpc) is 2.23. The molecular weight excluding hydrogens is 176 g/mol. The van der Waals surface area contributed by atoms with E-state index in [-0.39, 0.29) is 5.91 Å². The Hall–Kier alpha value is -1.35. The second-order valence-corrected chi connectivity index (χ2v) is 3.46. The van der Waals surface area contributed by atoms with Crippen LogP contribution < -0.4 is 10.6 Å². The van der Waals surface area contributed by atoms with Gasteiger partial charge in [-0.25, -0.2) is 0 Å². The van der Waals surface area contributed by atoms with E-state index in [0.29, 0.717) is 19.5 Å². The van der Waals surface area contributed by atoms with E-state index in [1.165, 1.54) is 5.56 Å². The Bertz CT molecular complexity index is 349. The van der Waals surface area contributed by atoms with E-state index < -0.39 is 0 Å². The van der Waals surface area contributed by atoms with Gasteiger partial charge in [-0.3, -0.25) is 4.79 Å². The first-order chi connectivity index (χ1) is 6.83. The van der Waals surface area contributed by atoms with Crippen molar-refractivity contribution >= 4 is 11.6 Å². The van der Waals surface area contributed by atoms with Crippen LogP contribution in [0.1, 0.15) is 12.0 Å². The maximum Gasteiger partial charge on any atom is 0.227 e. The Labute approximate surface area is 83.5 Å². The van der Waals surface area contributed by atoms with Crippen molar-refractivity contribution in [3.8, 4) is 0 Å². The maximum absolute atomic E-state index is 11.6. The lowest BCUT2D eigenvalue weighted by Gasteiger charge is -2.28. The molecule has 0 saturated heterocycles. The minimum absolute atomic E-state index is 0.189. The molecule has 2 rings (SSSR count). The number of carbonyl (C=O) groups excluding carboxylic acids is 1. The smallest absolute Gasteiger partial charge is 0.227 e. The van der Waals surface area contributed by atoms with Crippen LogP contribution in [0.25, 0.3) is 0 Å². The SMILES string of the molecule is NCCN1C(=O)CCc2ccccc21. The van der Waals surface area contributed by atoms with Crippen LogP contribution in [-0.4, -0.2) is 19.0 Å². The highest BCUT2D eigenvalue weighted by atomic mass is 16.2. The van der Waals surface area contributed by atoms with Crippen molar-refractivity contribution in [1.29, 1.82) is 0 Å². The van der Waals surface area contributed by atoms with Crippen LogP contribution in [0.5, 0.6) is 0 Å². The summed E-state index contributed by atoms with van der Waals surface area (Å²) in [6.07, 6.45) is 1.47. The molecule has 0 bridgehead atoms. The summed E-state index contributed by atoms with van der Waals surface area (Å²) in [6, 6.07) is 8.03. The highest BCUT2D eigenvalue weighted by Crippen LogP contribution is 2.26. The molecule has 0 spiro atoms. The number of para-hydroxylation sites is 1. The summed E-state index contributed by atoms with van der Waals surface area (Å²) < 4.78 is 0. The Balaban J connectivity index is 2.36. The number of hydrogen-bond acceptors (Lipinski definition) is 2. The fourth-order valence-electron chi connectivity index (χ4n) is 1.87. The highest BCUT2D eigenvalue weighted by molar-refractivity contribution is 5.96. The van der Waals surface area contributed by atoms with Crippen molar-refractivity contribution in [3.63, 3.8) is 0 Å². The van der Waals surface area contributed by atoms with E-state index in [4.69, 9.17) is 5.73 Å². The topological polar surface area (TPSA) is 46.3 Å². The molecule has 1 heterocycles. The van der Waals surface area contributed by atoms with E-state index in [1.54, 1.807) is 4.90 Å². The van der Waals surface area contributed by atoms with Gasteiger partial charge in [0, 0.05) is 25.2 Å². The number of nitrogens with zero attached hydrogens (tertiary/aromatic N) is 1. The third-order valence-electron chi connectivity index (χ3n) is 2.54. The number of fused-ring (bicyclic) bond motifs is 1. The Morgan fingerprint density at radius 3 is 2.86 bits per heavy atom. The van der Waals surface area contributed by atoms with Gasteiger partial charge in [0.25, 0.3) is 0 Å². The van der Waals surface area contributed by atoms with Crippen molar-refractivity contribution in [2.45, 2.75) is 12.8 Å². The van der Waals surface area contributed by atoms with Gasteiger partial charge in [-0.05, 0) is 18.1 Å². The summed E-state index contributed by atoms with van der Waals surface area (Å²) in [7, 11) is 0. The Morgan fingerprint density at radius 2 is 2.07 bits per heavy atom. The van der Waals surface area contributed by atoms with Gasteiger partial charge in [-0.2, -0.15) is 0 Å². The molecule has 0 radical (unpaired) electrons. The second kappa shape index (κ2) is 3.80. The summed E-state index contributed by atoms with van der Waals surface area (Å²) >= 11 is 0. The van der Waals surface area contributed by atoms with Crippen LogP contribution >= 0.6 is 0 Å². The molecule has 0 aliphatic carbocycles. The molecule has 2 N–H and O–H groups in total. The first-order valence-electron chi connectivity index (χ1n) is 4.91. The van der Waals surface area contributed by atoms with Gasteiger partial charge < -0.3 is 10.6 Å². The molecule has 1 aromatic carbocycles. The van der Waals surface area contributed by atoms with Gasteiger partial charge in [-0.1, -0.05) is 18.2 Å². The first-order valence-corrected chi connectivity index (χ1v) is 4.91. The van der Waals surface area contributed by atoms with E-state index in [1.807, 2.05) is 18.2 Å². The van der Waals surface area contributed by atoms with Gasteiger partial charge in [0.2, 0.25) is 5.91 Å². The summed E-state index contributed by atoms with van der Waals surface area (Å²) in [5, 5.41) is 0. The minimum atomic E-state index is 0.189. The first kappa shape index (κ1) is 9.21. The number of benzene rings is 1. The number of carbonyl (C=O) groups is 1. The lowest BCUT2D eigenvalue weighted by molar-refractivity contribution is -0.118. The number of anilines is 1. The molecule has 3 heteroatoms. The second-order valence-electron chi connectivity index (χ2n) is 3.46. The van der Waals surface area contributed by atoms with E-state index >= 15 is 0 Å². The van der Waals surface area contributed by atoms with Crippen molar-refractivity contribution < 1.29 is 4.79 Å². The monoisotopic (exact) mass is 190 g/mol. The Morgan fingerprint density at radius 1 is 1.29 bits per heavy atom. The van der Waals surface area contributed by atoms with Crippen LogP contribution in [-0.2, 0) is 11.2 Å². The summed E-state index contributed by atoms with van der Waals surface area (Å²) in [6.45, 7) is 1.13. The molecular formula is C11H14N2O. The number of rotatable bonds is 2. The molecule has 1 aliphatic rings. The zero-order valence-corrected chi connectivity index (χ0v) is 8.07. The maximum atomic E-state index is 11.6. The van der Waals surface area contributed by atoms with Crippen LogP contribution in [0.15, 0.2) is 24.3 Å². The van der Waals surface area contributed by atoms with Crippen molar-refractivity contribution in [3.05, 3.63) is 29.8 Å². The lowest BCUT2D eigenvalue weighted by Crippen LogP contribution is -2.38. The fourth-order valence-corrected chi connectivity index (χ4v) is 1.87. The van der Waals surface area contributed by atoms with Crippen molar-refractivity contribution in [1.82, 2.24) is 0 Å². The zero-order chi connectivity index (χ0) is 9.97.